The molecule has 1 aliphatic carbocycles. The normalized spacial score (nSPS) is 14.3. The zero-order valence-corrected chi connectivity index (χ0v) is 23.1. The number of nitrogens with two attached hydrogens (primary N) is 1. The minimum atomic E-state index is -3.42. The van der Waals surface area contributed by atoms with Crippen LogP contribution in [0, 0.1) is 12.8 Å². The number of rotatable bonds is 11. The van der Waals surface area contributed by atoms with E-state index in [1.165, 1.54) is 19.1 Å². The molecule has 8 heteroatoms. The van der Waals surface area contributed by atoms with E-state index in [4.69, 9.17) is 5.73 Å². The first-order chi connectivity index (χ1) is 18.7. The molecule has 1 saturated carbocycles. The number of ketones is 1. The average Bonchev–Trinajstić information content (AvgIpc) is 3.67. The zero-order valence-electron chi connectivity index (χ0n) is 22.3. The van der Waals surface area contributed by atoms with Crippen molar-refractivity contribution in [2.45, 2.75) is 43.7 Å². The maximum atomic E-state index is 13.6. The molecule has 0 aliphatic heterocycles. The molecule has 1 aliphatic rings. The molecule has 0 radical (unpaired) electrons. The second kappa shape index (κ2) is 11.3. The summed E-state index contributed by atoms with van der Waals surface area (Å²) in [6.45, 7) is 3.09. The Morgan fingerprint density at radius 3 is 2.51 bits per heavy atom. The summed E-state index contributed by atoms with van der Waals surface area (Å²) >= 11 is 0. The van der Waals surface area contributed by atoms with Crippen molar-refractivity contribution in [3.8, 4) is 5.69 Å². The Morgan fingerprint density at radius 2 is 1.77 bits per heavy atom. The van der Waals surface area contributed by atoms with Crippen LogP contribution >= 0.6 is 0 Å². The van der Waals surface area contributed by atoms with Gasteiger partial charge in [-0.1, -0.05) is 54.6 Å². The van der Waals surface area contributed by atoms with Crippen LogP contribution in [0.4, 0.5) is 0 Å². The number of Topliss-reactive ketones (excluding diaryl/α,β-unsaturated/α-hetero) is 1. The highest BCUT2D eigenvalue weighted by Crippen LogP contribution is 2.32. The molecule has 0 bridgehead atoms. The number of nitrogens with one attached hydrogen (secondary N) is 1. The standard InChI is InChI=1S/C31H34N4O3S/c1-21-15-28(35(34-21)26-10-6-8-24(17-26)19-32)29(36)18-23-7-5-9-25(16-23)31(33-20-22-13-14-22)27-11-3-4-12-30(27)39(2,37)38/h3-12,15-17,22,31,33H,13-14,18-20,32H2,1-2H3. The Kier molecular flexibility index (Phi) is 7.79. The van der Waals surface area contributed by atoms with Crippen LogP contribution in [0.3, 0.4) is 0 Å². The highest BCUT2D eigenvalue weighted by Gasteiger charge is 2.26. The number of hydrogen-bond donors (Lipinski definition) is 2. The van der Waals surface area contributed by atoms with Gasteiger partial charge in [0.2, 0.25) is 0 Å². The van der Waals surface area contributed by atoms with Gasteiger partial charge in [0.05, 0.1) is 22.3 Å². The third-order valence-corrected chi connectivity index (χ3v) is 8.26. The number of hydrogen-bond acceptors (Lipinski definition) is 6. The monoisotopic (exact) mass is 542 g/mol. The van der Waals surface area contributed by atoms with Gasteiger partial charge < -0.3 is 11.1 Å². The molecule has 0 amide bonds. The Balaban J connectivity index is 1.46. The van der Waals surface area contributed by atoms with Crippen molar-refractivity contribution >= 4 is 15.6 Å². The fourth-order valence-corrected chi connectivity index (χ4v) is 5.88. The molecule has 202 valence electrons. The van der Waals surface area contributed by atoms with Crippen LogP contribution in [-0.2, 0) is 22.8 Å². The molecule has 5 rings (SSSR count). The number of aromatic nitrogens is 2. The number of carbonyl (C=O) groups is 1. The number of sulfone groups is 1. The lowest BCUT2D eigenvalue weighted by Gasteiger charge is -2.23. The highest BCUT2D eigenvalue weighted by atomic mass is 32.2. The van der Waals surface area contributed by atoms with Gasteiger partial charge in [0.15, 0.2) is 15.6 Å². The molecule has 3 aromatic carbocycles. The van der Waals surface area contributed by atoms with Crippen LogP contribution in [0.2, 0.25) is 0 Å². The van der Waals surface area contributed by atoms with Crippen molar-refractivity contribution < 1.29 is 13.2 Å². The van der Waals surface area contributed by atoms with Gasteiger partial charge in [-0.3, -0.25) is 4.79 Å². The van der Waals surface area contributed by atoms with E-state index in [-0.39, 0.29) is 18.2 Å². The molecule has 39 heavy (non-hydrogen) atoms. The molecule has 1 fully saturated rings. The Bertz CT molecular complexity index is 1610. The summed E-state index contributed by atoms with van der Waals surface area (Å²) in [5.41, 5.74) is 11.4. The fourth-order valence-electron chi connectivity index (χ4n) is 4.94. The van der Waals surface area contributed by atoms with E-state index in [1.807, 2.05) is 73.7 Å². The number of carbonyl (C=O) groups excluding carboxylic acids is 1. The summed E-state index contributed by atoms with van der Waals surface area (Å²) in [7, 11) is -3.42. The lowest BCUT2D eigenvalue weighted by molar-refractivity contribution is 0.0985. The van der Waals surface area contributed by atoms with Crippen LogP contribution in [-0.4, -0.2) is 36.8 Å². The Morgan fingerprint density at radius 1 is 1.03 bits per heavy atom. The number of benzene rings is 3. The molecular formula is C31H34N4O3S. The predicted molar refractivity (Wildman–Crippen MR) is 153 cm³/mol. The first-order valence-electron chi connectivity index (χ1n) is 13.2. The lowest BCUT2D eigenvalue weighted by Crippen LogP contribution is -2.26. The smallest absolute Gasteiger partial charge is 0.185 e. The maximum Gasteiger partial charge on any atom is 0.185 e. The van der Waals surface area contributed by atoms with Crippen molar-refractivity contribution in [1.82, 2.24) is 15.1 Å². The predicted octanol–water partition coefficient (Wildman–Crippen LogP) is 4.56. The molecule has 1 unspecified atom stereocenters. The quantitative estimate of drug-likeness (QED) is 0.269. The summed E-state index contributed by atoms with van der Waals surface area (Å²) < 4.78 is 26.9. The number of aryl methyl sites for hydroxylation is 1. The third-order valence-electron chi connectivity index (χ3n) is 7.09. The molecule has 1 heterocycles. The van der Waals surface area contributed by atoms with Gasteiger partial charge >= 0.3 is 0 Å². The van der Waals surface area contributed by atoms with Gasteiger partial charge in [-0.25, -0.2) is 13.1 Å². The topological polar surface area (TPSA) is 107 Å². The van der Waals surface area contributed by atoms with Crippen molar-refractivity contribution in [3.05, 3.63) is 113 Å². The molecular weight excluding hydrogens is 508 g/mol. The molecule has 4 aromatic rings. The van der Waals surface area contributed by atoms with Crippen LogP contribution in [0.25, 0.3) is 5.69 Å². The Hall–Kier alpha value is -3.59. The fraction of sp³-hybridized carbons (Fsp3) is 0.290. The largest absolute Gasteiger partial charge is 0.326 e. The highest BCUT2D eigenvalue weighted by molar-refractivity contribution is 7.90. The summed E-state index contributed by atoms with van der Waals surface area (Å²) in [5.74, 6) is 0.564. The lowest BCUT2D eigenvalue weighted by atomic mass is 9.95. The van der Waals surface area contributed by atoms with Gasteiger partial charge in [-0.2, -0.15) is 5.10 Å². The van der Waals surface area contributed by atoms with Gasteiger partial charge in [0.25, 0.3) is 0 Å². The third kappa shape index (κ3) is 6.36. The van der Waals surface area contributed by atoms with E-state index in [1.54, 1.807) is 16.8 Å². The van der Waals surface area contributed by atoms with Gasteiger partial charge in [0, 0.05) is 19.2 Å². The second-order valence-corrected chi connectivity index (χ2v) is 12.4. The zero-order chi connectivity index (χ0) is 27.6. The van der Waals surface area contributed by atoms with E-state index in [0.717, 1.165) is 40.2 Å². The number of nitrogens with zero attached hydrogens (tertiary/aromatic N) is 2. The van der Waals surface area contributed by atoms with E-state index < -0.39 is 9.84 Å². The summed E-state index contributed by atoms with van der Waals surface area (Å²) in [6.07, 6.45) is 3.80. The van der Waals surface area contributed by atoms with E-state index in [0.29, 0.717) is 23.1 Å². The average molecular weight is 543 g/mol. The minimum Gasteiger partial charge on any atom is -0.326 e. The first-order valence-corrected chi connectivity index (χ1v) is 15.1. The Labute approximate surface area is 230 Å². The minimum absolute atomic E-state index is 0.0510. The van der Waals surface area contributed by atoms with Crippen LogP contribution in [0.1, 0.15) is 57.3 Å². The maximum absolute atomic E-state index is 13.6. The summed E-state index contributed by atoms with van der Waals surface area (Å²) in [5, 5.41) is 8.18. The summed E-state index contributed by atoms with van der Waals surface area (Å²) in [4.78, 5) is 13.9. The van der Waals surface area contributed by atoms with E-state index in [2.05, 4.69) is 10.4 Å². The van der Waals surface area contributed by atoms with E-state index >= 15 is 0 Å². The molecule has 3 N–H and O–H groups in total. The molecule has 0 saturated heterocycles. The van der Waals surface area contributed by atoms with Crippen LogP contribution in [0.15, 0.2) is 83.8 Å². The second-order valence-electron chi connectivity index (χ2n) is 10.4. The van der Waals surface area contributed by atoms with Crippen molar-refractivity contribution in [2.75, 3.05) is 12.8 Å². The molecule has 0 spiro atoms. The van der Waals surface area contributed by atoms with Crippen LogP contribution < -0.4 is 11.1 Å². The molecule has 1 atom stereocenters. The van der Waals surface area contributed by atoms with Gasteiger partial charge in [-0.15, -0.1) is 0 Å². The van der Waals surface area contributed by atoms with Gasteiger partial charge in [-0.05, 0) is 78.7 Å². The SMILES string of the molecule is Cc1cc(C(=O)Cc2cccc(C(NCC3CC3)c3ccccc3S(C)(=O)=O)c2)n(-c2cccc(CN)c2)n1. The summed E-state index contributed by atoms with van der Waals surface area (Å²) in [6, 6.07) is 24.2. The van der Waals surface area contributed by atoms with Gasteiger partial charge in [0.1, 0.15) is 5.69 Å². The first kappa shape index (κ1) is 27.0. The molecule has 1 aromatic heterocycles. The molecule has 7 nitrogen and oxygen atoms in total. The van der Waals surface area contributed by atoms with Crippen molar-refractivity contribution in [3.63, 3.8) is 0 Å². The van der Waals surface area contributed by atoms with E-state index in [9.17, 15) is 13.2 Å². The van der Waals surface area contributed by atoms with Crippen molar-refractivity contribution in [1.29, 1.82) is 0 Å². The van der Waals surface area contributed by atoms with Crippen LogP contribution in [0.5, 0.6) is 0 Å². The van der Waals surface area contributed by atoms with Crippen molar-refractivity contribution in [2.24, 2.45) is 11.7 Å².